The van der Waals surface area contributed by atoms with Gasteiger partial charge < -0.3 is 19.3 Å². The molecule has 156 valence electrons. The number of methoxy groups -OCH3 is 2. The summed E-state index contributed by atoms with van der Waals surface area (Å²) in [6.45, 7) is 4.45. The fourth-order valence-corrected chi connectivity index (χ4v) is 3.54. The van der Waals surface area contributed by atoms with Crippen molar-refractivity contribution in [2.45, 2.75) is 6.92 Å². The monoisotopic (exact) mass is 408 g/mol. The number of ether oxygens (including phenoxy) is 2. The second kappa shape index (κ2) is 8.40. The Morgan fingerprint density at radius 2 is 1.77 bits per heavy atom. The summed E-state index contributed by atoms with van der Waals surface area (Å²) in [5.74, 6) is 2.47. The number of benzene rings is 1. The van der Waals surface area contributed by atoms with Gasteiger partial charge in [0.05, 0.1) is 25.5 Å². The molecule has 9 heteroatoms. The maximum absolute atomic E-state index is 13.1. The minimum absolute atomic E-state index is 0.0687. The molecule has 0 aliphatic carbocycles. The van der Waals surface area contributed by atoms with Gasteiger partial charge >= 0.3 is 0 Å². The van der Waals surface area contributed by atoms with E-state index in [0.717, 1.165) is 11.5 Å². The number of nitrogens with zero attached hydrogens (tertiary/aromatic N) is 6. The second-order valence-electron chi connectivity index (χ2n) is 6.96. The van der Waals surface area contributed by atoms with Crippen LogP contribution in [0.25, 0.3) is 5.82 Å². The zero-order chi connectivity index (χ0) is 21.1. The Bertz CT molecular complexity index is 1040. The van der Waals surface area contributed by atoms with Crippen LogP contribution < -0.4 is 14.4 Å². The quantitative estimate of drug-likeness (QED) is 0.638. The number of amides is 1. The van der Waals surface area contributed by atoms with Gasteiger partial charge in [0.25, 0.3) is 5.91 Å². The zero-order valence-corrected chi connectivity index (χ0v) is 17.3. The molecule has 3 aromatic rings. The second-order valence-corrected chi connectivity index (χ2v) is 6.96. The number of para-hydroxylation sites is 1. The fourth-order valence-electron chi connectivity index (χ4n) is 3.54. The van der Waals surface area contributed by atoms with Gasteiger partial charge in [-0.2, -0.15) is 5.10 Å². The molecule has 1 saturated heterocycles. The molecule has 1 amide bonds. The first-order valence-electron chi connectivity index (χ1n) is 9.70. The lowest BCUT2D eigenvalue weighted by molar-refractivity contribution is 0.0742. The summed E-state index contributed by atoms with van der Waals surface area (Å²) in [7, 11) is 3.10. The lowest BCUT2D eigenvalue weighted by Gasteiger charge is -2.35. The van der Waals surface area contributed by atoms with Crippen molar-refractivity contribution >= 4 is 11.7 Å². The summed E-state index contributed by atoms with van der Waals surface area (Å²) in [6, 6.07) is 9.18. The third kappa shape index (κ3) is 3.78. The number of anilines is 1. The van der Waals surface area contributed by atoms with Crippen molar-refractivity contribution in [2.75, 3.05) is 45.3 Å². The average molecular weight is 408 g/mol. The SMILES string of the molecule is COc1cccc(C(=O)N2CCN(c3cc(-n4ccc(C)n4)ncn3)CC2)c1OC. The Kier molecular flexibility index (Phi) is 5.51. The molecule has 1 fully saturated rings. The Labute approximate surface area is 174 Å². The predicted molar refractivity (Wildman–Crippen MR) is 112 cm³/mol. The largest absolute Gasteiger partial charge is 0.493 e. The summed E-state index contributed by atoms with van der Waals surface area (Å²) in [5, 5.41) is 4.40. The molecule has 0 radical (unpaired) electrons. The van der Waals surface area contributed by atoms with Gasteiger partial charge in [-0.25, -0.2) is 14.6 Å². The topological polar surface area (TPSA) is 85.6 Å². The summed E-state index contributed by atoms with van der Waals surface area (Å²) < 4.78 is 12.5. The van der Waals surface area contributed by atoms with Crippen molar-refractivity contribution in [3.05, 3.63) is 54.1 Å². The first kappa shape index (κ1) is 19.7. The van der Waals surface area contributed by atoms with Crippen LogP contribution >= 0.6 is 0 Å². The van der Waals surface area contributed by atoms with E-state index in [0.29, 0.717) is 49.1 Å². The van der Waals surface area contributed by atoms with E-state index in [2.05, 4.69) is 20.0 Å². The van der Waals surface area contributed by atoms with E-state index in [-0.39, 0.29) is 5.91 Å². The van der Waals surface area contributed by atoms with E-state index in [1.807, 2.05) is 30.2 Å². The summed E-state index contributed by atoms with van der Waals surface area (Å²) in [6.07, 6.45) is 3.42. The number of piperazine rings is 1. The Morgan fingerprint density at radius 1 is 1.00 bits per heavy atom. The van der Waals surface area contributed by atoms with E-state index in [4.69, 9.17) is 9.47 Å². The lowest BCUT2D eigenvalue weighted by Crippen LogP contribution is -2.49. The van der Waals surface area contributed by atoms with Crippen LogP contribution in [-0.2, 0) is 0 Å². The van der Waals surface area contributed by atoms with Gasteiger partial charge in [0.2, 0.25) is 0 Å². The van der Waals surface area contributed by atoms with E-state index >= 15 is 0 Å². The molecule has 0 atom stereocenters. The molecular formula is C21H24N6O3. The number of hydrogen-bond acceptors (Lipinski definition) is 7. The number of aromatic nitrogens is 4. The third-order valence-corrected chi connectivity index (χ3v) is 5.12. The molecule has 4 rings (SSSR count). The predicted octanol–water partition coefficient (Wildman–Crippen LogP) is 1.95. The normalized spacial score (nSPS) is 14.0. The van der Waals surface area contributed by atoms with Crippen molar-refractivity contribution in [3.8, 4) is 17.3 Å². The molecule has 0 bridgehead atoms. The molecule has 0 saturated carbocycles. The molecular weight excluding hydrogens is 384 g/mol. The summed E-state index contributed by atoms with van der Waals surface area (Å²) in [4.78, 5) is 25.8. The van der Waals surface area contributed by atoms with Crippen molar-refractivity contribution < 1.29 is 14.3 Å². The highest BCUT2D eigenvalue weighted by atomic mass is 16.5. The molecule has 0 N–H and O–H groups in total. The molecule has 1 aliphatic rings. The minimum Gasteiger partial charge on any atom is -0.493 e. The van der Waals surface area contributed by atoms with E-state index in [1.54, 1.807) is 43.4 Å². The molecule has 30 heavy (non-hydrogen) atoms. The molecule has 0 unspecified atom stereocenters. The Hall–Kier alpha value is -3.62. The van der Waals surface area contributed by atoms with Crippen molar-refractivity contribution in [2.24, 2.45) is 0 Å². The van der Waals surface area contributed by atoms with Gasteiger partial charge in [0.15, 0.2) is 17.3 Å². The molecule has 1 aliphatic heterocycles. The maximum atomic E-state index is 13.1. The smallest absolute Gasteiger partial charge is 0.257 e. The van der Waals surface area contributed by atoms with Crippen LogP contribution in [0, 0.1) is 6.92 Å². The van der Waals surface area contributed by atoms with Gasteiger partial charge in [-0.3, -0.25) is 4.79 Å². The lowest BCUT2D eigenvalue weighted by atomic mass is 10.1. The number of carbonyl (C=O) groups is 1. The number of aryl methyl sites for hydroxylation is 1. The van der Waals surface area contributed by atoms with E-state index in [9.17, 15) is 4.79 Å². The van der Waals surface area contributed by atoms with Crippen molar-refractivity contribution in [3.63, 3.8) is 0 Å². The Balaban J connectivity index is 1.46. The molecule has 2 aromatic heterocycles. The van der Waals surface area contributed by atoms with Gasteiger partial charge in [-0.15, -0.1) is 0 Å². The number of hydrogen-bond donors (Lipinski definition) is 0. The Morgan fingerprint density at radius 3 is 2.43 bits per heavy atom. The number of carbonyl (C=O) groups excluding carboxylic acids is 1. The van der Waals surface area contributed by atoms with Gasteiger partial charge in [-0.05, 0) is 25.1 Å². The molecule has 1 aromatic carbocycles. The minimum atomic E-state index is -0.0687. The highest BCUT2D eigenvalue weighted by molar-refractivity contribution is 5.98. The number of rotatable bonds is 5. The maximum Gasteiger partial charge on any atom is 0.257 e. The van der Waals surface area contributed by atoms with Crippen molar-refractivity contribution in [1.82, 2.24) is 24.6 Å². The standard InChI is InChI=1S/C21H24N6O3/c1-15-7-8-27(24-15)19-13-18(22-14-23-19)25-9-11-26(12-10-25)21(28)16-5-4-6-17(29-2)20(16)30-3/h4-8,13-14H,9-12H2,1-3H3. The van der Waals surface area contributed by atoms with E-state index in [1.165, 1.54) is 0 Å². The van der Waals surface area contributed by atoms with Gasteiger partial charge in [0.1, 0.15) is 12.1 Å². The molecule has 9 nitrogen and oxygen atoms in total. The molecule has 0 spiro atoms. The van der Waals surface area contributed by atoms with Gasteiger partial charge in [0, 0.05) is 38.4 Å². The van der Waals surface area contributed by atoms with E-state index < -0.39 is 0 Å². The highest BCUT2D eigenvalue weighted by Gasteiger charge is 2.26. The third-order valence-electron chi connectivity index (χ3n) is 5.12. The van der Waals surface area contributed by atoms with Crippen LogP contribution in [0.5, 0.6) is 11.5 Å². The van der Waals surface area contributed by atoms with Gasteiger partial charge in [-0.1, -0.05) is 6.07 Å². The summed E-state index contributed by atoms with van der Waals surface area (Å²) in [5.41, 5.74) is 1.43. The van der Waals surface area contributed by atoms with Crippen LogP contribution in [0.1, 0.15) is 16.1 Å². The van der Waals surface area contributed by atoms with Crippen LogP contribution in [-0.4, -0.2) is 71.0 Å². The highest BCUT2D eigenvalue weighted by Crippen LogP contribution is 2.31. The van der Waals surface area contributed by atoms with Crippen molar-refractivity contribution in [1.29, 1.82) is 0 Å². The van der Waals surface area contributed by atoms with Crippen LogP contribution in [0.2, 0.25) is 0 Å². The zero-order valence-electron chi connectivity index (χ0n) is 17.3. The summed E-state index contributed by atoms with van der Waals surface area (Å²) >= 11 is 0. The average Bonchev–Trinajstić information content (AvgIpc) is 3.24. The fraction of sp³-hybridized carbons (Fsp3) is 0.333. The van der Waals surface area contributed by atoms with Crippen LogP contribution in [0.15, 0.2) is 42.9 Å². The molecule has 3 heterocycles. The van der Waals surface area contributed by atoms with Crippen LogP contribution in [0.4, 0.5) is 5.82 Å². The first-order valence-corrected chi connectivity index (χ1v) is 9.70. The van der Waals surface area contributed by atoms with Crippen LogP contribution in [0.3, 0.4) is 0 Å². The first-order chi connectivity index (χ1) is 14.6.